The first-order chi connectivity index (χ1) is 9.45. The zero-order valence-electron chi connectivity index (χ0n) is 10.8. The molecule has 108 valence electrons. The molecule has 1 aliphatic heterocycles. The van der Waals surface area contributed by atoms with Crippen LogP contribution in [0.25, 0.3) is 0 Å². The van der Waals surface area contributed by atoms with Crippen LogP contribution in [0.15, 0.2) is 18.2 Å². The van der Waals surface area contributed by atoms with Crippen molar-refractivity contribution in [1.82, 2.24) is 4.90 Å². The molecule has 1 fully saturated rings. The van der Waals surface area contributed by atoms with E-state index in [9.17, 15) is 18.4 Å². The molecule has 1 aromatic rings. The molecular weight excluding hydrogens is 268 g/mol. The van der Waals surface area contributed by atoms with Crippen LogP contribution in [0.1, 0.15) is 18.4 Å². The summed E-state index contributed by atoms with van der Waals surface area (Å²) in [5.74, 6) is -2.60. The first-order valence-corrected chi connectivity index (χ1v) is 6.39. The van der Waals surface area contributed by atoms with Crippen molar-refractivity contribution < 1.29 is 23.5 Å². The third-order valence-electron chi connectivity index (χ3n) is 3.46. The minimum absolute atomic E-state index is 0.0364. The molecule has 0 aliphatic carbocycles. The number of benzene rings is 1. The maximum Gasteiger partial charge on any atom is 0.303 e. The molecule has 6 heteroatoms. The van der Waals surface area contributed by atoms with Crippen LogP contribution in [0.2, 0.25) is 0 Å². The molecule has 1 amide bonds. The quantitative estimate of drug-likeness (QED) is 0.917. The van der Waals surface area contributed by atoms with Crippen molar-refractivity contribution in [2.45, 2.75) is 19.3 Å². The molecule has 1 saturated heterocycles. The molecule has 4 nitrogen and oxygen atoms in total. The molecular formula is C14H15F2NO3. The van der Waals surface area contributed by atoms with Crippen LogP contribution in [-0.4, -0.2) is 35.0 Å². The van der Waals surface area contributed by atoms with Crippen molar-refractivity contribution in [1.29, 1.82) is 0 Å². The summed E-state index contributed by atoms with van der Waals surface area (Å²) in [5.41, 5.74) is 0.151. The van der Waals surface area contributed by atoms with Gasteiger partial charge in [0.15, 0.2) is 0 Å². The summed E-state index contributed by atoms with van der Waals surface area (Å²) in [6.45, 7) is 0.869. The van der Waals surface area contributed by atoms with Crippen molar-refractivity contribution in [3.63, 3.8) is 0 Å². The maximum atomic E-state index is 13.5. The van der Waals surface area contributed by atoms with E-state index in [-0.39, 0.29) is 30.2 Å². The van der Waals surface area contributed by atoms with Crippen molar-refractivity contribution >= 4 is 11.9 Å². The van der Waals surface area contributed by atoms with Crippen LogP contribution >= 0.6 is 0 Å². The normalized spacial score (nSPS) is 18.3. The van der Waals surface area contributed by atoms with Gasteiger partial charge in [0.05, 0.1) is 6.42 Å². The van der Waals surface area contributed by atoms with Gasteiger partial charge in [0.2, 0.25) is 5.91 Å². The Balaban J connectivity index is 1.94. The number of carbonyl (C=O) groups excluding carboxylic acids is 1. The average molecular weight is 283 g/mol. The second-order valence-corrected chi connectivity index (χ2v) is 5.00. The Morgan fingerprint density at radius 2 is 2.10 bits per heavy atom. The summed E-state index contributed by atoms with van der Waals surface area (Å²) in [6, 6.07) is 3.12. The summed E-state index contributed by atoms with van der Waals surface area (Å²) in [7, 11) is 0. The topological polar surface area (TPSA) is 57.6 Å². The van der Waals surface area contributed by atoms with Crippen LogP contribution in [0.4, 0.5) is 8.78 Å². The zero-order chi connectivity index (χ0) is 14.7. The monoisotopic (exact) mass is 283 g/mol. The standard InChI is InChI=1S/C14H15F2NO3/c15-11-2-1-10(12(16)7-11)6-13(18)17-4-3-9(8-17)5-14(19)20/h1-2,7,9H,3-6,8H2,(H,19,20). The van der Waals surface area contributed by atoms with Gasteiger partial charge in [-0.05, 0) is 24.0 Å². The number of carbonyl (C=O) groups is 2. The lowest BCUT2D eigenvalue weighted by Crippen LogP contribution is -2.30. The summed E-state index contributed by atoms with van der Waals surface area (Å²) in [6.07, 6.45) is 0.546. The van der Waals surface area contributed by atoms with Gasteiger partial charge in [0.1, 0.15) is 11.6 Å². The highest BCUT2D eigenvalue weighted by molar-refractivity contribution is 5.79. The summed E-state index contributed by atoms with van der Waals surface area (Å²) >= 11 is 0. The third-order valence-corrected chi connectivity index (χ3v) is 3.46. The van der Waals surface area contributed by atoms with E-state index in [1.54, 1.807) is 0 Å². The van der Waals surface area contributed by atoms with Gasteiger partial charge < -0.3 is 10.0 Å². The van der Waals surface area contributed by atoms with Gasteiger partial charge in [-0.1, -0.05) is 6.07 Å². The minimum Gasteiger partial charge on any atom is -0.481 e. The highest BCUT2D eigenvalue weighted by atomic mass is 19.1. The van der Waals surface area contributed by atoms with Gasteiger partial charge in [-0.2, -0.15) is 0 Å². The highest BCUT2D eigenvalue weighted by Gasteiger charge is 2.28. The summed E-state index contributed by atoms with van der Waals surface area (Å²) in [4.78, 5) is 24.2. The average Bonchev–Trinajstić information content (AvgIpc) is 2.80. The first kappa shape index (κ1) is 14.4. The van der Waals surface area contributed by atoms with Crippen molar-refractivity contribution in [2.24, 2.45) is 5.92 Å². The minimum atomic E-state index is -0.881. The van der Waals surface area contributed by atoms with E-state index in [1.165, 1.54) is 11.0 Å². The fourth-order valence-electron chi connectivity index (χ4n) is 2.41. The number of hydrogen-bond donors (Lipinski definition) is 1. The van der Waals surface area contributed by atoms with E-state index in [4.69, 9.17) is 5.11 Å². The van der Waals surface area contributed by atoms with Gasteiger partial charge in [-0.3, -0.25) is 9.59 Å². The van der Waals surface area contributed by atoms with Crippen LogP contribution in [0.3, 0.4) is 0 Å². The smallest absolute Gasteiger partial charge is 0.303 e. The second-order valence-electron chi connectivity index (χ2n) is 5.00. The highest BCUT2D eigenvalue weighted by Crippen LogP contribution is 2.21. The predicted octanol–water partition coefficient (Wildman–Crippen LogP) is 1.83. The van der Waals surface area contributed by atoms with E-state index in [0.717, 1.165) is 12.1 Å². The molecule has 1 atom stereocenters. The van der Waals surface area contributed by atoms with E-state index < -0.39 is 17.6 Å². The lowest BCUT2D eigenvalue weighted by Gasteiger charge is -2.16. The molecule has 0 aromatic heterocycles. The Morgan fingerprint density at radius 1 is 1.35 bits per heavy atom. The number of aliphatic carboxylic acids is 1. The predicted molar refractivity (Wildman–Crippen MR) is 67.0 cm³/mol. The van der Waals surface area contributed by atoms with Gasteiger partial charge >= 0.3 is 5.97 Å². The van der Waals surface area contributed by atoms with Crippen molar-refractivity contribution in [3.8, 4) is 0 Å². The Hall–Kier alpha value is -1.98. The van der Waals surface area contributed by atoms with Crippen molar-refractivity contribution in [3.05, 3.63) is 35.4 Å². The second kappa shape index (κ2) is 5.98. The van der Waals surface area contributed by atoms with Crippen LogP contribution < -0.4 is 0 Å². The lowest BCUT2D eigenvalue weighted by atomic mass is 10.1. The zero-order valence-corrected chi connectivity index (χ0v) is 10.8. The number of nitrogens with zero attached hydrogens (tertiary/aromatic N) is 1. The number of carboxylic acids is 1. The molecule has 20 heavy (non-hydrogen) atoms. The van der Waals surface area contributed by atoms with Gasteiger partial charge in [-0.25, -0.2) is 8.78 Å². The van der Waals surface area contributed by atoms with Crippen LogP contribution in [0.5, 0.6) is 0 Å². The Morgan fingerprint density at radius 3 is 2.75 bits per heavy atom. The Bertz CT molecular complexity index is 533. The fourth-order valence-corrected chi connectivity index (χ4v) is 2.41. The molecule has 2 rings (SSSR count). The number of hydrogen-bond acceptors (Lipinski definition) is 2. The van der Waals surface area contributed by atoms with E-state index in [1.807, 2.05) is 0 Å². The number of amides is 1. The first-order valence-electron chi connectivity index (χ1n) is 6.39. The van der Waals surface area contributed by atoms with Crippen LogP contribution in [-0.2, 0) is 16.0 Å². The SMILES string of the molecule is O=C(O)CC1CCN(C(=O)Cc2ccc(F)cc2F)C1. The molecule has 1 unspecified atom stereocenters. The Labute approximate surface area is 115 Å². The van der Waals surface area contributed by atoms with Crippen molar-refractivity contribution in [2.75, 3.05) is 13.1 Å². The Kier molecular flexibility index (Phi) is 4.32. The molecule has 0 radical (unpaired) electrons. The summed E-state index contributed by atoms with van der Waals surface area (Å²) in [5, 5.41) is 8.71. The van der Waals surface area contributed by atoms with E-state index in [2.05, 4.69) is 0 Å². The summed E-state index contributed by atoms with van der Waals surface area (Å²) < 4.78 is 26.2. The van der Waals surface area contributed by atoms with Crippen LogP contribution in [0, 0.1) is 17.6 Å². The van der Waals surface area contributed by atoms with Gasteiger partial charge in [0, 0.05) is 25.6 Å². The fraction of sp³-hybridized carbons (Fsp3) is 0.429. The van der Waals surface area contributed by atoms with E-state index >= 15 is 0 Å². The third kappa shape index (κ3) is 3.53. The number of carboxylic acid groups (broad SMARTS) is 1. The van der Waals surface area contributed by atoms with E-state index in [0.29, 0.717) is 19.5 Å². The molecule has 1 heterocycles. The molecule has 1 aromatic carbocycles. The maximum absolute atomic E-state index is 13.5. The molecule has 0 spiro atoms. The molecule has 0 saturated carbocycles. The van der Waals surface area contributed by atoms with Gasteiger partial charge in [0.25, 0.3) is 0 Å². The molecule has 0 bridgehead atoms. The number of rotatable bonds is 4. The lowest BCUT2D eigenvalue weighted by molar-refractivity contribution is -0.138. The molecule has 1 aliphatic rings. The van der Waals surface area contributed by atoms with Gasteiger partial charge in [-0.15, -0.1) is 0 Å². The largest absolute Gasteiger partial charge is 0.481 e. The molecule has 1 N–H and O–H groups in total. The number of likely N-dealkylation sites (tertiary alicyclic amines) is 1. The number of halogens is 2.